The Balaban J connectivity index is 0.00000361. The highest BCUT2D eigenvalue weighted by atomic mass is 35.5. The summed E-state index contributed by atoms with van der Waals surface area (Å²) in [6.45, 7) is 10.1. The van der Waals surface area contributed by atoms with E-state index in [2.05, 4.69) is 18.7 Å². The molecule has 0 spiro atoms. The number of hydrogen-bond acceptors (Lipinski definition) is 4. The third-order valence-electron chi connectivity index (χ3n) is 2.94. The normalized spacial score (nSPS) is 10.0. The lowest BCUT2D eigenvalue weighted by Gasteiger charge is -2.18. The van der Waals surface area contributed by atoms with Crippen LogP contribution in [0.1, 0.15) is 31.1 Å². The van der Waals surface area contributed by atoms with Crippen molar-refractivity contribution in [1.29, 1.82) is 0 Å². The molecule has 0 radical (unpaired) electrons. The van der Waals surface area contributed by atoms with Crippen LogP contribution < -0.4 is 4.74 Å². The first-order chi connectivity index (χ1) is 9.21. The molecule has 4 nitrogen and oxygen atoms in total. The summed E-state index contributed by atoms with van der Waals surface area (Å²) in [6, 6.07) is 7.05. The topological polar surface area (TPSA) is 38.8 Å². The molecule has 0 aliphatic rings. The molecular formula is C15H24ClNO3. The molecule has 0 aromatic heterocycles. The molecule has 1 aromatic rings. The van der Waals surface area contributed by atoms with Gasteiger partial charge in [-0.2, -0.15) is 0 Å². The summed E-state index contributed by atoms with van der Waals surface area (Å²) < 4.78 is 10.6. The van der Waals surface area contributed by atoms with Crippen LogP contribution in [0, 0.1) is 0 Å². The van der Waals surface area contributed by atoms with Gasteiger partial charge in [0.25, 0.3) is 0 Å². The van der Waals surface area contributed by atoms with Crippen LogP contribution in [-0.4, -0.2) is 43.7 Å². The minimum absolute atomic E-state index is 0. The number of likely N-dealkylation sites (N-methyl/N-ethyl adjacent to an activating group) is 1. The summed E-state index contributed by atoms with van der Waals surface area (Å²) in [4.78, 5) is 13.8. The lowest BCUT2D eigenvalue weighted by Crippen LogP contribution is -2.27. The van der Waals surface area contributed by atoms with E-state index in [9.17, 15) is 4.79 Å². The number of hydrogen-bond donors (Lipinski definition) is 0. The van der Waals surface area contributed by atoms with Crippen molar-refractivity contribution in [2.45, 2.75) is 20.8 Å². The third-order valence-corrected chi connectivity index (χ3v) is 2.94. The number of esters is 1. The van der Waals surface area contributed by atoms with Gasteiger partial charge in [0.2, 0.25) is 0 Å². The highest BCUT2D eigenvalue weighted by Gasteiger charge is 2.06. The second-order valence-corrected chi connectivity index (χ2v) is 4.12. The molecule has 0 aliphatic heterocycles. The molecule has 1 rings (SSSR count). The van der Waals surface area contributed by atoms with Gasteiger partial charge in [0.05, 0.1) is 12.2 Å². The van der Waals surface area contributed by atoms with Gasteiger partial charge in [0.1, 0.15) is 12.4 Å². The Kier molecular flexibility index (Phi) is 9.86. The molecule has 0 saturated heterocycles. The number of benzene rings is 1. The number of carbonyl (C=O) groups is 1. The van der Waals surface area contributed by atoms with Gasteiger partial charge in [0.15, 0.2) is 0 Å². The maximum atomic E-state index is 11.5. The predicted octanol–water partition coefficient (Wildman–Crippen LogP) is 3.01. The molecule has 0 atom stereocenters. The fraction of sp³-hybridized carbons (Fsp3) is 0.533. The number of nitrogens with zero attached hydrogens (tertiary/aromatic N) is 1. The highest BCUT2D eigenvalue weighted by molar-refractivity contribution is 5.89. The van der Waals surface area contributed by atoms with E-state index in [1.54, 1.807) is 31.2 Å². The van der Waals surface area contributed by atoms with Crippen molar-refractivity contribution >= 4 is 18.4 Å². The van der Waals surface area contributed by atoms with Crippen molar-refractivity contribution in [3.8, 4) is 5.75 Å². The standard InChI is InChI=1S/C15H23NO3.ClH/c1-4-16(5-2)11-12-19-14-9-7-13(8-10-14)15(17)18-6-3;/h7-10H,4-6,11-12H2,1-3H3;1H. The molecular weight excluding hydrogens is 278 g/mol. The molecule has 0 amide bonds. The Hall–Kier alpha value is -1.26. The minimum atomic E-state index is -0.294. The maximum absolute atomic E-state index is 11.5. The fourth-order valence-corrected chi connectivity index (χ4v) is 1.73. The zero-order valence-electron chi connectivity index (χ0n) is 12.4. The van der Waals surface area contributed by atoms with Crippen LogP contribution in [0.25, 0.3) is 0 Å². The predicted molar refractivity (Wildman–Crippen MR) is 82.9 cm³/mol. The van der Waals surface area contributed by atoms with Gasteiger partial charge in [-0.05, 0) is 44.3 Å². The van der Waals surface area contributed by atoms with E-state index in [4.69, 9.17) is 9.47 Å². The zero-order valence-corrected chi connectivity index (χ0v) is 13.2. The molecule has 1 aromatic carbocycles. The average molecular weight is 302 g/mol. The Morgan fingerprint density at radius 2 is 1.70 bits per heavy atom. The number of halogens is 1. The van der Waals surface area contributed by atoms with Crippen molar-refractivity contribution < 1.29 is 14.3 Å². The van der Waals surface area contributed by atoms with Gasteiger partial charge in [-0.1, -0.05) is 13.8 Å². The first kappa shape index (κ1) is 18.7. The van der Waals surface area contributed by atoms with Gasteiger partial charge in [-0.15, -0.1) is 12.4 Å². The second kappa shape index (κ2) is 10.5. The maximum Gasteiger partial charge on any atom is 0.338 e. The van der Waals surface area contributed by atoms with Crippen molar-refractivity contribution in [2.24, 2.45) is 0 Å². The van der Waals surface area contributed by atoms with Crippen molar-refractivity contribution in [3.05, 3.63) is 29.8 Å². The average Bonchev–Trinajstić information content (AvgIpc) is 2.44. The van der Waals surface area contributed by atoms with Crippen LogP contribution in [0.15, 0.2) is 24.3 Å². The van der Waals surface area contributed by atoms with E-state index in [0.29, 0.717) is 18.8 Å². The quantitative estimate of drug-likeness (QED) is 0.692. The first-order valence-electron chi connectivity index (χ1n) is 6.83. The fourth-order valence-electron chi connectivity index (χ4n) is 1.73. The monoisotopic (exact) mass is 301 g/mol. The van der Waals surface area contributed by atoms with Gasteiger partial charge < -0.3 is 14.4 Å². The molecule has 0 fully saturated rings. The molecule has 0 unspecified atom stereocenters. The van der Waals surface area contributed by atoms with Crippen LogP contribution in [0.3, 0.4) is 0 Å². The molecule has 0 saturated carbocycles. The molecule has 0 N–H and O–H groups in total. The Morgan fingerprint density at radius 3 is 2.20 bits per heavy atom. The van der Waals surface area contributed by atoms with Gasteiger partial charge in [-0.25, -0.2) is 4.79 Å². The van der Waals surface area contributed by atoms with Crippen LogP contribution in [-0.2, 0) is 4.74 Å². The van der Waals surface area contributed by atoms with Gasteiger partial charge >= 0.3 is 5.97 Å². The summed E-state index contributed by atoms with van der Waals surface area (Å²) in [5.41, 5.74) is 0.554. The lowest BCUT2D eigenvalue weighted by molar-refractivity contribution is 0.0526. The van der Waals surface area contributed by atoms with Crippen molar-refractivity contribution in [2.75, 3.05) is 32.8 Å². The Morgan fingerprint density at radius 1 is 1.10 bits per heavy atom. The van der Waals surface area contributed by atoms with Crippen LogP contribution >= 0.6 is 12.4 Å². The van der Waals surface area contributed by atoms with Crippen LogP contribution in [0.5, 0.6) is 5.75 Å². The summed E-state index contributed by atoms with van der Waals surface area (Å²) >= 11 is 0. The van der Waals surface area contributed by atoms with Crippen LogP contribution in [0.4, 0.5) is 0 Å². The van der Waals surface area contributed by atoms with Gasteiger partial charge in [-0.3, -0.25) is 0 Å². The molecule has 0 bridgehead atoms. The van der Waals surface area contributed by atoms with E-state index in [1.165, 1.54) is 0 Å². The number of rotatable bonds is 8. The summed E-state index contributed by atoms with van der Waals surface area (Å²) in [5.74, 6) is 0.484. The summed E-state index contributed by atoms with van der Waals surface area (Å²) in [6.07, 6.45) is 0. The van der Waals surface area contributed by atoms with Gasteiger partial charge in [0, 0.05) is 6.54 Å². The molecule has 114 valence electrons. The van der Waals surface area contributed by atoms with Crippen molar-refractivity contribution in [3.63, 3.8) is 0 Å². The van der Waals surface area contributed by atoms with Crippen molar-refractivity contribution in [1.82, 2.24) is 4.90 Å². The minimum Gasteiger partial charge on any atom is -0.492 e. The number of ether oxygens (including phenoxy) is 2. The molecule has 20 heavy (non-hydrogen) atoms. The zero-order chi connectivity index (χ0) is 14.1. The van der Waals surface area contributed by atoms with E-state index in [0.717, 1.165) is 25.4 Å². The van der Waals surface area contributed by atoms with Crippen LogP contribution in [0.2, 0.25) is 0 Å². The second-order valence-electron chi connectivity index (χ2n) is 4.12. The number of carbonyl (C=O) groups excluding carboxylic acids is 1. The SMILES string of the molecule is CCOC(=O)c1ccc(OCCN(CC)CC)cc1.Cl. The summed E-state index contributed by atoms with van der Waals surface area (Å²) in [5, 5.41) is 0. The Labute approximate surface area is 127 Å². The van der Waals surface area contributed by atoms with E-state index >= 15 is 0 Å². The van der Waals surface area contributed by atoms with E-state index in [1.807, 2.05) is 0 Å². The third kappa shape index (κ3) is 6.26. The largest absolute Gasteiger partial charge is 0.492 e. The smallest absolute Gasteiger partial charge is 0.338 e. The first-order valence-corrected chi connectivity index (χ1v) is 6.83. The lowest BCUT2D eigenvalue weighted by atomic mass is 10.2. The van der Waals surface area contributed by atoms with E-state index in [-0.39, 0.29) is 18.4 Å². The van der Waals surface area contributed by atoms with E-state index < -0.39 is 0 Å². The molecule has 0 aliphatic carbocycles. The Bertz CT molecular complexity index is 377. The molecule has 5 heteroatoms. The molecule has 0 heterocycles. The summed E-state index contributed by atoms with van der Waals surface area (Å²) in [7, 11) is 0. The highest BCUT2D eigenvalue weighted by Crippen LogP contribution is 2.13.